The number of carbonyl (C=O) groups is 1. The van der Waals surface area contributed by atoms with Gasteiger partial charge in [-0.25, -0.2) is 9.97 Å². The Bertz CT molecular complexity index is 618. The summed E-state index contributed by atoms with van der Waals surface area (Å²) in [4.78, 5) is 22.8. The first-order chi connectivity index (χ1) is 10.2. The molecule has 0 aliphatic carbocycles. The Morgan fingerprint density at radius 1 is 1.52 bits per heavy atom. The minimum absolute atomic E-state index is 0.0153. The first-order valence-electron chi connectivity index (χ1n) is 6.75. The third kappa shape index (κ3) is 3.15. The number of hydrogen-bond donors (Lipinski definition) is 0. The van der Waals surface area contributed by atoms with Crippen LogP contribution in [0.3, 0.4) is 0 Å². The van der Waals surface area contributed by atoms with Crippen molar-refractivity contribution in [3.8, 4) is 5.88 Å². The molecule has 0 saturated carbocycles. The number of nitrogens with zero attached hydrogens (tertiary/aromatic N) is 5. The Hall–Kier alpha value is -2.09. The largest absolute Gasteiger partial charge is 0.472 e. The first kappa shape index (κ1) is 13.9. The summed E-state index contributed by atoms with van der Waals surface area (Å²) >= 11 is 1.14. The second-order valence-corrected chi connectivity index (χ2v) is 5.62. The van der Waals surface area contributed by atoms with Crippen molar-refractivity contribution in [1.82, 2.24) is 24.5 Å². The van der Waals surface area contributed by atoms with E-state index < -0.39 is 0 Å². The van der Waals surface area contributed by atoms with E-state index in [1.165, 1.54) is 6.33 Å². The third-order valence-electron chi connectivity index (χ3n) is 3.35. The average molecular weight is 305 g/mol. The average Bonchev–Trinajstić information content (AvgIpc) is 2.94. The molecule has 7 nitrogen and oxygen atoms in total. The molecule has 1 unspecified atom stereocenters. The molecule has 0 radical (unpaired) electrons. The number of ether oxygens (including phenoxy) is 1. The van der Waals surface area contributed by atoms with Crippen molar-refractivity contribution in [3.05, 3.63) is 29.2 Å². The highest BCUT2D eigenvalue weighted by Gasteiger charge is 2.28. The first-order valence-corrected chi connectivity index (χ1v) is 7.52. The highest BCUT2D eigenvalue weighted by molar-refractivity contribution is 7.07. The van der Waals surface area contributed by atoms with E-state index in [1.54, 1.807) is 24.1 Å². The summed E-state index contributed by atoms with van der Waals surface area (Å²) in [6, 6.07) is 1.72. The van der Waals surface area contributed by atoms with Gasteiger partial charge in [0.15, 0.2) is 0 Å². The van der Waals surface area contributed by atoms with Gasteiger partial charge in [-0.2, -0.15) is 0 Å². The van der Waals surface area contributed by atoms with Crippen molar-refractivity contribution in [1.29, 1.82) is 0 Å². The van der Waals surface area contributed by atoms with Gasteiger partial charge in [0, 0.05) is 18.8 Å². The maximum absolute atomic E-state index is 12.5. The van der Waals surface area contributed by atoms with E-state index in [4.69, 9.17) is 4.74 Å². The van der Waals surface area contributed by atoms with Crippen LogP contribution in [0.25, 0.3) is 0 Å². The molecule has 1 aliphatic rings. The van der Waals surface area contributed by atoms with Crippen molar-refractivity contribution in [3.63, 3.8) is 0 Å². The number of rotatable bonds is 3. The fraction of sp³-hybridized carbons (Fsp3) is 0.462. The van der Waals surface area contributed by atoms with Crippen LogP contribution < -0.4 is 4.74 Å². The predicted molar refractivity (Wildman–Crippen MR) is 76.2 cm³/mol. The molecule has 3 heterocycles. The van der Waals surface area contributed by atoms with Crippen molar-refractivity contribution < 1.29 is 9.53 Å². The van der Waals surface area contributed by atoms with Gasteiger partial charge in [0.25, 0.3) is 5.91 Å². The van der Waals surface area contributed by atoms with Gasteiger partial charge < -0.3 is 9.64 Å². The van der Waals surface area contributed by atoms with Crippen LogP contribution in [0.1, 0.15) is 28.2 Å². The summed E-state index contributed by atoms with van der Waals surface area (Å²) in [5, 5.41) is 3.89. The number of aromatic nitrogens is 4. The Labute approximate surface area is 126 Å². The quantitative estimate of drug-likeness (QED) is 0.850. The molecular formula is C13H15N5O2S. The molecule has 0 aromatic carbocycles. The third-order valence-corrected chi connectivity index (χ3v) is 4.17. The maximum Gasteiger partial charge on any atom is 0.267 e. The Kier molecular flexibility index (Phi) is 4.05. The highest BCUT2D eigenvalue weighted by atomic mass is 32.1. The van der Waals surface area contributed by atoms with Gasteiger partial charge in [-0.15, -0.1) is 5.10 Å². The van der Waals surface area contributed by atoms with E-state index >= 15 is 0 Å². The Morgan fingerprint density at radius 3 is 3.14 bits per heavy atom. The van der Waals surface area contributed by atoms with Crippen molar-refractivity contribution >= 4 is 17.4 Å². The number of carbonyl (C=O) groups excluding carboxylic acids is 1. The minimum atomic E-state index is -0.0428. The molecule has 8 heteroatoms. The molecule has 3 rings (SSSR count). The number of amides is 1. The molecule has 0 N–H and O–H groups in total. The number of aryl methyl sites for hydroxylation is 1. The normalized spacial score (nSPS) is 18.5. The van der Waals surface area contributed by atoms with Crippen molar-refractivity contribution in [2.75, 3.05) is 13.1 Å². The summed E-state index contributed by atoms with van der Waals surface area (Å²) in [5.74, 6) is 0.526. The SMILES string of the molecule is Cc1nnsc1C(=O)N1CCCC(Oc2ccncn2)C1. The number of piperidine rings is 1. The summed E-state index contributed by atoms with van der Waals surface area (Å²) < 4.78 is 9.63. The zero-order valence-electron chi connectivity index (χ0n) is 11.6. The zero-order chi connectivity index (χ0) is 14.7. The summed E-state index contributed by atoms with van der Waals surface area (Å²) in [6.07, 6.45) is 4.87. The lowest BCUT2D eigenvalue weighted by molar-refractivity contribution is 0.0531. The van der Waals surface area contributed by atoms with Crippen LogP contribution in [0.2, 0.25) is 0 Å². The number of likely N-dealkylation sites (tertiary alicyclic amines) is 1. The van der Waals surface area contributed by atoms with Crippen LogP contribution in [0.15, 0.2) is 18.6 Å². The highest BCUT2D eigenvalue weighted by Crippen LogP contribution is 2.20. The van der Waals surface area contributed by atoms with Gasteiger partial charge in [-0.05, 0) is 31.3 Å². The van der Waals surface area contributed by atoms with Crippen LogP contribution in [0, 0.1) is 6.92 Å². The van der Waals surface area contributed by atoms with E-state index in [2.05, 4.69) is 19.6 Å². The minimum Gasteiger partial charge on any atom is -0.472 e. The lowest BCUT2D eigenvalue weighted by Gasteiger charge is -2.32. The van der Waals surface area contributed by atoms with Crippen LogP contribution >= 0.6 is 11.5 Å². The smallest absolute Gasteiger partial charge is 0.267 e. The molecule has 21 heavy (non-hydrogen) atoms. The second kappa shape index (κ2) is 6.13. The van der Waals surface area contributed by atoms with Crippen molar-refractivity contribution in [2.24, 2.45) is 0 Å². The monoisotopic (exact) mass is 305 g/mol. The van der Waals surface area contributed by atoms with Gasteiger partial charge in [-0.1, -0.05) is 4.49 Å². The van der Waals surface area contributed by atoms with Crippen LogP contribution in [0.4, 0.5) is 0 Å². The molecule has 0 spiro atoms. The molecule has 0 bridgehead atoms. The molecule has 1 fully saturated rings. The summed E-state index contributed by atoms with van der Waals surface area (Å²) in [6.45, 7) is 3.09. The van der Waals surface area contributed by atoms with Crippen molar-refractivity contribution in [2.45, 2.75) is 25.9 Å². The molecular weight excluding hydrogens is 290 g/mol. The lowest BCUT2D eigenvalue weighted by Crippen LogP contribution is -2.44. The molecule has 110 valence electrons. The molecule has 1 amide bonds. The Morgan fingerprint density at radius 2 is 2.43 bits per heavy atom. The molecule has 1 atom stereocenters. The molecule has 1 aliphatic heterocycles. The number of hydrogen-bond acceptors (Lipinski definition) is 7. The van der Waals surface area contributed by atoms with E-state index in [0.717, 1.165) is 30.9 Å². The van der Waals surface area contributed by atoms with Gasteiger partial charge in [0.05, 0.1) is 12.2 Å². The zero-order valence-corrected chi connectivity index (χ0v) is 12.4. The lowest BCUT2D eigenvalue weighted by atomic mass is 10.1. The molecule has 2 aromatic rings. The van der Waals surface area contributed by atoms with Gasteiger partial charge >= 0.3 is 0 Å². The van der Waals surface area contributed by atoms with E-state index in [-0.39, 0.29) is 12.0 Å². The fourth-order valence-corrected chi connectivity index (χ4v) is 2.93. The van der Waals surface area contributed by atoms with E-state index in [0.29, 0.717) is 23.0 Å². The molecule has 2 aromatic heterocycles. The van der Waals surface area contributed by atoms with E-state index in [1.807, 2.05) is 0 Å². The summed E-state index contributed by atoms with van der Waals surface area (Å²) in [5.41, 5.74) is 0.684. The summed E-state index contributed by atoms with van der Waals surface area (Å²) in [7, 11) is 0. The van der Waals surface area contributed by atoms with Gasteiger partial charge in [-0.3, -0.25) is 4.79 Å². The standard InChI is InChI=1S/C13H15N5O2S/c1-9-12(21-17-16-9)13(19)18-6-2-3-10(7-18)20-11-4-5-14-8-15-11/h4-5,8,10H,2-3,6-7H2,1H3. The van der Waals surface area contributed by atoms with Crippen LogP contribution in [-0.2, 0) is 0 Å². The Balaban J connectivity index is 1.66. The van der Waals surface area contributed by atoms with E-state index in [9.17, 15) is 4.79 Å². The van der Waals surface area contributed by atoms with Crippen LogP contribution in [-0.4, -0.2) is 49.6 Å². The predicted octanol–water partition coefficient (Wildman–Crippen LogP) is 1.32. The van der Waals surface area contributed by atoms with Crippen LogP contribution in [0.5, 0.6) is 5.88 Å². The topological polar surface area (TPSA) is 81.1 Å². The van der Waals surface area contributed by atoms with Gasteiger partial charge in [0.2, 0.25) is 5.88 Å². The van der Waals surface area contributed by atoms with Gasteiger partial charge in [0.1, 0.15) is 17.3 Å². The second-order valence-electron chi connectivity index (χ2n) is 4.87. The fourth-order valence-electron chi connectivity index (χ4n) is 2.31. The maximum atomic E-state index is 12.5. The molecule has 1 saturated heterocycles.